The van der Waals surface area contributed by atoms with Crippen LogP contribution >= 0.6 is 27.3 Å². The van der Waals surface area contributed by atoms with Crippen molar-refractivity contribution >= 4 is 33.0 Å². The summed E-state index contributed by atoms with van der Waals surface area (Å²) < 4.78 is 6.41. The third-order valence-electron chi connectivity index (χ3n) is 2.88. The fourth-order valence-electron chi connectivity index (χ4n) is 1.78. The van der Waals surface area contributed by atoms with E-state index in [2.05, 4.69) is 15.9 Å². The molecule has 0 spiro atoms. The number of halogens is 1. The van der Waals surface area contributed by atoms with Gasteiger partial charge in [-0.3, -0.25) is 4.79 Å². The van der Waals surface area contributed by atoms with Gasteiger partial charge in [-0.15, -0.1) is 11.3 Å². The van der Waals surface area contributed by atoms with Crippen molar-refractivity contribution in [2.24, 2.45) is 0 Å². The molecule has 0 saturated heterocycles. The van der Waals surface area contributed by atoms with Gasteiger partial charge in [-0.05, 0) is 50.6 Å². The molecular weight excluding hydrogens is 324 g/mol. The summed E-state index contributed by atoms with van der Waals surface area (Å²) in [6.45, 7) is 6.51. The topological polar surface area (TPSA) is 26.3 Å². The van der Waals surface area contributed by atoms with Crippen LogP contribution in [-0.4, -0.2) is 12.4 Å². The van der Waals surface area contributed by atoms with Gasteiger partial charge in [-0.1, -0.05) is 15.9 Å². The summed E-state index contributed by atoms with van der Waals surface area (Å²) in [5.74, 6) is 0.658. The van der Waals surface area contributed by atoms with Gasteiger partial charge >= 0.3 is 0 Å². The first-order chi connectivity index (χ1) is 9.02. The fourth-order valence-corrected chi connectivity index (χ4v) is 3.13. The van der Waals surface area contributed by atoms with E-state index in [9.17, 15) is 4.79 Å². The molecule has 0 amide bonds. The molecule has 2 nitrogen and oxygen atoms in total. The minimum Gasteiger partial charge on any atom is -0.493 e. The molecule has 0 radical (unpaired) electrons. The molecule has 2 rings (SSSR count). The molecule has 0 saturated carbocycles. The molecule has 2 aromatic rings. The number of carbonyl (C=O) groups excluding carboxylic acids is 1. The van der Waals surface area contributed by atoms with Crippen molar-refractivity contribution in [3.8, 4) is 5.75 Å². The van der Waals surface area contributed by atoms with E-state index in [0.717, 1.165) is 14.9 Å². The Morgan fingerprint density at radius 1 is 1.32 bits per heavy atom. The van der Waals surface area contributed by atoms with Crippen molar-refractivity contribution in [1.29, 1.82) is 0 Å². The second kappa shape index (κ2) is 5.88. The van der Waals surface area contributed by atoms with Gasteiger partial charge in [0, 0.05) is 9.35 Å². The predicted octanol–water partition coefficient (Wildman–Crippen LogP) is 4.76. The first kappa shape index (κ1) is 14.3. The highest BCUT2D eigenvalue weighted by atomic mass is 79.9. The molecule has 1 aromatic carbocycles. The first-order valence-corrected chi connectivity index (χ1v) is 7.68. The van der Waals surface area contributed by atoms with E-state index in [-0.39, 0.29) is 5.78 Å². The van der Waals surface area contributed by atoms with Crippen LogP contribution in [0.2, 0.25) is 0 Å². The lowest BCUT2D eigenvalue weighted by Crippen LogP contribution is -2.04. The highest BCUT2D eigenvalue weighted by molar-refractivity contribution is 9.10. The maximum atomic E-state index is 12.6. The number of ether oxygens (including phenoxy) is 1. The monoisotopic (exact) mass is 338 g/mol. The summed E-state index contributed by atoms with van der Waals surface area (Å²) in [7, 11) is 0. The summed E-state index contributed by atoms with van der Waals surface area (Å²) in [5, 5.41) is 0. The summed E-state index contributed by atoms with van der Waals surface area (Å²) in [6.07, 6.45) is 0. The molecule has 100 valence electrons. The third kappa shape index (κ3) is 3.07. The maximum Gasteiger partial charge on any atom is 0.206 e. The number of rotatable bonds is 4. The maximum absolute atomic E-state index is 12.6. The van der Waals surface area contributed by atoms with Crippen LogP contribution in [0.1, 0.15) is 32.6 Å². The Bertz CT molecular complexity index is 597. The zero-order valence-corrected chi connectivity index (χ0v) is 13.5. The molecule has 0 aliphatic carbocycles. The van der Waals surface area contributed by atoms with Gasteiger partial charge in [0.2, 0.25) is 5.78 Å². The quantitative estimate of drug-likeness (QED) is 0.751. The second-order valence-corrected chi connectivity index (χ2v) is 6.42. The first-order valence-electron chi connectivity index (χ1n) is 6.07. The van der Waals surface area contributed by atoms with Gasteiger partial charge in [0.1, 0.15) is 5.75 Å². The highest BCUT2D eigenvalue weighted by Gasteiger charge is 2.17. The molecule has 0 unspecified atom stereocenters. The minimum absolute atomic E-state index is 0.0194. The highest BCUT2D eigenvalue weighted by Crippen LogP contribution is 2.29. The third-order valence-corrected chi connectivity index (χ3v) is 4.52. The largest absolute Gasteiger partial charge is 0.493 e. The van der Waals surface area contributed by atoms with Crippen molar-refractivity contribution in [3.63, 3.8) is 0 Å². The Morgan fingerprint density at radius 2 is 2.05 bits per heavy atom. The number of thiophene rings is 1. The lowest BCUT2D eigenvalue weighted by Gasteiger charge is -2.09. The lowest BCUT2D eigenvalue weighted by atomic mass is 10.1. The standard InChI is InChI=1S/C15H15BrO2S/c1-4-18-13-6-5-11(16)8-12(13)15(17)14-7-9(2)10(3)19-14/h5-8H,4H2,1-3H3. The van der Waals surface area contributed by atoms with Crippen LogP contribution in [0.25, 0.3) is 0 Å². The van der Waals surface area contributed by atoms with Crippen LogP contribution in [0.15, 0.2) is 28.7 Å². The van der Waals surface area contributed by atoms with E-state index >= 15 is 0 Å². The van der Waals surface area contributed by atoms with E-state index in [0.29, 0.717) is 17.9 Å². The Morgan fingerprint density at radius 3 is 2.63 bits per heavy atom. The van der Waals surface area contributed by atoms with Crippen molar-refractivity contribution in [2.75, 3.05) is 6.61 Å². The molecule has 4 heteroatoms. The normalized spacial score (nSPS) is 10.5. The molecule has 0 fully saturated rings. The Hall–Kier alpha value is -1.13. The van der Waals surface area contributed by atoms with Crippen molar-refractivity contribution in [1.82, 2.24) is 0 Å². The summed E-state index contributed by atoms with van der Waals surface area (Å²) in [6, 6.07) is 7.47. The molecular formula is C15H15BrO2S. The van der Waals surface area contributed by atoms with E-state index in [1.54, 1.807) is 0 Å². The summed E-state index contributed by atoms with van der Waals surface area (Å²) in [5.41, 5.74) is 1.76. The van der Waals surface area contributed by atoms with Gasteiger partial charge in [-0.25, -0.2) is 0 Å². The Balaban J connectivity index is 2.45. The van der Waals surface area contributed by atoms with Crippen LogP contribution in [0.5, 0.6) is 5.75 Å². The minimum atomic E-state index is 0.0194. The van der Waals surface area contributed by atoms with E-state index in [4.69, 9.17) is 4.74 Å². The molecule has 1 aromatic heterocycles. The molecule has 0 aliphatic heterocycles. The number of ketones is 1. The molecule has 1 heterocycles. The lowest BCUT2D eigenvalue weighted by molar-refractivity contribution is 0.103. The zero-order chi connectivity index (χ0) is 14.0. The van der Waals surface area contributed by atoms with Crippen molar-refractivity contribution in [2.45, 2.75) is 20.8 Å². The molecule has 0 bridgehead atoms. The number of carbonyl (C=O) groups is 1. The number of benzene rings is 1. The molecule has 0 N–H and O–H groups in total. The van der Waals surface area contributed by atoms with E-state index < -0.39 is 0 Å². The second-order valence-electron chi connectivity index (χ2n) is 4.25. The molecule has 19 heavy (non-hydrogen) atoms. The molecule has 0 atom stereocenters. The average Bonchev–Trinajstić information content (AvgIpc) is 2.71. The zero-order valence-electron chi connectivity index (χ0n) is 11.1. The van der Waals surface area contributed by atoms with Crippen LogP contribution < -0.4 is 4.74 Å². The van der Waals surface area contributed by atoms with Crippen molar-refractivity contribution < 1.29 is 9.53 Å². The van der Waals surface area contributed by atoms with Gasteiger partial charge in [0.25, 0.3) is 0 Å². The van der Waals surface area contributed by atoms with Crippen LogP contribution in [-0.2, 0) is 0 Å². The van der Waals surface area contributed by atoms with E-state index in [1.807, 2.05) is 45.0 Å². The number of aryl methyl sites for hydroxylation is 2. The smallest absolute Gasteiger partial charge is 0.206 e. The van der Waals surface area contributed by atoms with E-state index in [1.165, 1.54) is 16.2 Å². The van der Waals surface area contributed by atoms with Gasteiger partial charge in [0.05, 0.1) is 17.0 Å². The summed E-state index contributed by atoms with van der Waals surface area (Å²) in [4.78, 5) is 14.5. The van der Waals surface area contributed by atoms with Gasteiger partial charge in [-0.2, -0.15) is 0 Å². The Labute approximate surface area is 125 Å². The summed E-state index contributed by atoms with van der Waals surface area (Å²) >= 11 is 4.93. The van der Waals surface area contributed by atoms with Gasteiger partial charge < -0.3 is 4.74 Å². The predicted molar refractivity (Wildman–Crippen MR) is 82.5 cm³/mol. The number of hydrogen-bond acceptors (Lipinski definition) is 3. The molecule has 0 aliphatic rings. The number of hydrogen-bond donors (Lipinski definition) is 0. The van der Waals surface area contributed by atoms with Crippen LogP contribution in [0.4, 0.5) is 0 Å². The fraction of sp³-hybridized carbons (Fsp3) is 0.267. The van der Waals surface area contributed by atoms with Crippen LogP contribution in [0.3, 0.4) is 0 Å². The van der Waals surface area contributed by atoms with Crippen LogP contribution in [0, 0.1) is 13.8 Å². The van der Waals surface area contributed by atoms with Gasteiger partial charge in [0.15, 0.2) is 0 Å². The SMILES string of the molecule is CCOc1ccc(Br)cc1C(=O)c1cc(C)c(C)s1. The van der Waals surface area contributed by atoms with Crippen molar-refractivity contribution in [3.05, 3.63) is 49.6 Å². The Kier molecular flexibility index (Phi) is 4.42. The average molecular weight is 339 g/mol.